The van der Waals surface area contributed by atoms with E-state index in [-0.39, 0.29) is 5.60 Å². The molecule has 0 N–H and O–H groups in total. The number of nitrogens with zero attached hydrogens (tertiary/aromatic N) is 2. The van der Waals surface area contributed by atoms with Crippen molar-refractivity contribution in [2.45, 2.75) is 110 Å². The maximum Gasteiger partial charge on any atom is 0.232 e. The van der Waals surface area contributed by atoms with Crippen molar-refractivity contribution in [3.63, 3.8) is 0 Å². The first kappa shape index (κ1) is 29.7. The Hall–Kier alpha value is 0.708. The second-order valence-corrected chi connectivity index (χ2v) is 22.3. The highest BCUT2D eigenvalue weighted by Crippen LogP contribution is 2.29. The Balaban J connectivity index is 4.85. The van der Waals surface area contributed by atoms with E-state index >= 15 is 0 Å². The van der Waals surface area contributed by atoms with Crippen LogP contribution in [0, 0.1) is 0 Å². The van der Waals surface area contributed by atoms with Gasteiger partial charge in [-0.2, -0.15) is 0 Å². The fourth-order valence-corrected chi connectivity index (χ4v) is 17.1. The van der Waals surface area contributed by atoms with Crippen molar-refractivity contribution in [2.24, 2.45) is 0 Å². The van der Waals surface area contributed by atoms with E-state index in [4.69, 9.17) is 8.54 Å². The summed E-state index contributed by atoms with van der Waals surface area (Å²) in [4.78, 5) is 5.26. The molecule has 0 fully saturated rings. The Morgan fingerprint density at radius 2 is 1.31 bits per heavy atom. The maximum absolute atomic E-state index is 6.94. The minimum Gasteiger partial charge on any atom is -0.455 e. The zero-order valence-electron chi connectivity index (χ0n) is 21.6. The number of hydrogen-bond donors (Lipinski definition) is 0. The quantitative estimate of drug-likeness (QED) is 0.238. The summed E-state index contributed by atoms with van der Waals surface area (Å²) < 4.78 is 13.0. The van der Waals surface area contributed by atoms with Gasteiger partial charge in [0.05, 0.1) is 9.52 Å². The van der Waals surface area contributed by atoms with Crippen LogP contribution in [0.5, 0.6) is 0 Å². The van der Waals surface area contributed by atoms with E-state index in [1.807, 2.05) is 0 Å². The van der Waals surface area contributed by atoms with Crippen molar-refractivity contribution < 1.29 is 8.54 Å². The lowest BCUT2D eigenvalue weighted by atomic mass is 10.2. The molecular weight excluding hydrogens is 425 g/mol. The molecule has 0 aromatic rings. The Bertz CT molecular complexity index is 425. The minimum atomic E-state index is -1.76. The van der Waals surface area contributed by atoms with Crippen LogP contribution in [0.2, 0.25) is 43.4 Å². The highest BCUT2D eigenvalue weighted by molar-refractivity contribution is 6.89. The Labute approximate surface area is 190 Å². The molecule has 1 unspecified atom stereocenters. The molecule has 0 aliphatic heterocycles. The molecule has 29 heavy (non-hydrogen) atoms. The predicted molar refractivity (Wildman–Crippen MR) is 137 cm³/mol. The van der Waals surface area contributed by atoms with Crippen LogP contribution < -0.4 is 0 Å². The van der Waals surface area contributed by atoms with Crippen molar-refractivity contribution in [3.8, 4) is 0 Å². The van der Waals surface area contributed by atoms with Gasteiger partial charge in [0.25, 0.3) is 0 Å². The zero-order chi connectivity index (χ0) is 22.9. The van der Waals surface area contributed by atoms with E-state index < -0.39 is 16.6 Å². The lowest BCUT2D eigenvalue weighted by Crippen LogP contribution is -2.52. The fraction of sp³-hybridized carbons (Fsp3) is 1.00. The van der Waals surface area contributed by atoms with E-state index in [9.17, 15) is 0 Å². The summed E-state index contributed by atoms with van der Waals surface area (Å²) in [7, 11) is -1.94. The maximum atomic E-state index is 6.94. The highest BCUT2D eigenvalue weighted by atomic mass is 28.4. The molecule has 4 radical (unpaired) electrons. The fourth-order valence-electron chi connectivity index (χ4n) is 3.39. The van der Waals surface area contributed by atoms with Crippen molar-refractivity contribution in [1.82, 2.24) is 9.80 Å². The van der Waals surface area contributed by atoms with Gasteiger partial charge in [0, 0.05) is 11.4 Å². The van der Waals surface area contributed by atoms with E-state index in [1.165, 1.54) is 12.1 Å². The molecule has 0 spiro atoms. The first-order chi connectivity index (χ1) is 13.2. The van der Waals surface area contributed by atoms with Crippen LogP contribution in [0.15, 0.2) is 0 Å². The number of rotatable bonds is 15. The van der Waals surface area contributed by atoms with E-state index in [1.54, 1.807) is 0 Å². The van der Waals surface area contributed by atoms with Crippen LogP contribution in [0.25, 0.3) is 0 Å². The van der Waals surface area contributed by atoms with E-state index in [2.05, 4.69) is 91.4 Å². The summed E-state index contributed by atoms with van der Waals surface area (Å²) in [6.07, 6.45) is 0. The third kappa shape index (κ3) is 11.8. The molecule has 0 aliphatic carbocycles. The van der Waals surface area contributed by atoms with Gasteiger partial charge in [-0.25, -0.2) is 0 Å². The van der Waals surface area contributed by atoms with Crippen LogP contribution in [0.3, 0.4) is 0 Å². The van der Waals surface area contributed by atoms with E-state index in [0.717, 1.165) is 35.7 Å². The van der Waals surface area contributed by atoms with Crippen LogP contribution >= 0.6 is 0 Å². The van der Waals surface area contributed by atoms with Crippen molar-refractivity contribution in [2.75, 3.05) is 26.2 Å². The summed E-state index contributed by atoms with van der Waals surface area (Å²) in [6, 6.07) is 2.55. The van der Waals surface area contributed by atoms with Gasteiger partial charge in [0.2, 0.25) is 9.76 Å². The van der Waals surface area contributed by atoms with Crippen molar-refractivity contribution in [1.29, 1.82) is 0 Å². The molecule has 0 aromatic heterocycles. The second-order valence-electron chi connectivity index (χ2n) is 10.0. The topological polar surface area (TPSA) is 24.9 Å². The summed E-state index contributed by atoms with van der Waals surface area (Å²) in [6.45, 7) is 32.1. The molecule has 1 atom stereocenters. The van der Waals surface area contributed by atoms with Gasteiger partial charge >= 0.3 is 0 Å². The van der Waals surface area contributed by atoms with Gasteiger partial charge in [-0.3, -0.25) is 9.80 Å². The normalized spacial score (nSPS) is 15.0. The monoisotopic (exact) mass is 474 g/mol. The molecule has 172 valence electrons. The van der Waals surface area contributed by atoms with Gasteiger partial charge < -0.3 is 8.54 Å². The summed E-state index contributed by atoms with van der Waals surface area (Å²) in [5.74, 6) is 0.593. The molecule has 0 heterocycles. The lowest BCUT2D eigenvalue weighted by Gasteiger charge is -2.40. The molecule has 0 saturated carbocycles. The van der Waals surface area contributed by atoms with Gasteiger partial charge in [0.1, 0.15) is 0 Å². The van der Waals surface area contributed by atoms with Gasteiger partial charge in [0.15, 0.2) is 16.6 Å². The lowest BCUT2D eigenvalue weighted by molar-refractivity contribution is 0.115. The van der Waals surface area contributed by atoms with Crippen LogP contribution in [0.1, 0.15) is 55.4 Å². The first-order valence-corrected chi connectivity index (χ1v) is 19.9. The molecule has 4 nitrogen and oxygen atoms in total. The first-order valence-electron chi connectivity index (χ1n) is 11.6. The molecule has 0 bridgehead atoms. The second kappa shape index (κ2) is 13.3. The van der Waals surface area contributed by atoms with Crippen LogP contribution in [-0.4, -0.2) is 83.3 Å². The molecular formula is C21H50N2O2Si4. The molecule has 0 saturated heterocycles. The standard InChI is InChI=1S/C21H50N2O2Si4/c1-13-22(14-2)20(23(15-3)16-4)26-17-18-28(9,10)25-29(11,12)19(5)27-24-21(6,7)8/h19-20H,13-18H2,1-12H3. The predicted octanol–water partition coefficient (Wildman–Crippen LogP) is 5.28. The molecule has 8 heteroatoms. The third-order valence-electron chi connectivity index (χ3n) is 5.49. The Morgan fingerprint density at radius 1 is 0.862 bits per heavy atom. The van der Waals surface area contributed by atoms with Gasteiger partial charge in [-0.15, -0.1) is 0 Å². The molecule has 0 amide bonds. The Morgan fingerprint density at radius 3 is 1.69 bits per heavy atom. The Kier molecular flexibility index (Phi) is 13.6. The van der Waals surface area contributed by atoms with E-state index in [0.29, 0.717) is 20.7 Å². The average Bonchev–Trinajstić information content (AvgIpc) is 2.59. The average molecular weight is 475 g/mol. The van der Waals surface area contributed by atoms with Gasteiger partial charge in [-0.1, -0.05) is 40.7 Å². The van der Waals surface area contributed by atoms with Crippen LogP contribution in [-0.2, 0) is 8.54 Å². The summed E-state index contributed by atoms with van der Waals surface area (Å²) >= 11 is 0. The third-order valence-corrected chi connectivity index (χ3v) is 19.0. The smallest absolute Gasteiger partial charge is 0.232 e. The van der Waals surface area contributed by atoms with Crippen molar-refractivity contribution >= 4 is 35.9 Å². The van der Waals surface area contributed by atoms with Crippen molar-refractivity contribution in [3.05, 3.63) is 0 Å². The summed E-state index contributed by atoms with van der Waals surface area (Å²) in [5, 5.41) is 0.537. The minimum absolute atomic E-state index is 0.0604. The SMILES string of the molecule is CCN(CC)C([Si]CC[Si](C)(C)O[Si](C)(C)C(C)[Si]OC(C)(C)C)N(CC)CC. The van der Waals surface area contributed by atoms with Crippen LogP contribution in [0.4, 0.5) is 0 Å². The molecule has 0 aliphatic rings. The zero-order valence-corrected chi connectivity index (χ0v) is 25.6. The van der Waals surface area contributed by atoms with Gasteiger partial charge in [-0.05, 0) is 84.3 Å². The number of hydrogen-bond acceptors (Lipinski definition) is 4. The molecule has 0 rings (SSSR count). The molecule has 0 aromatic carbocycles. The summed E-state index contributed by atoms with van der Waals surface area (Å²) in [5.41, 5.74) is -0.0604. The largest absolute Gasteiger partial charge is 0.455 e. The highest BCUT2D eigenvalue weighted by Gasteiger charge is 2.38.